The molecule has 5 heteroatoms. The first-order valence-corrected chi connectivity index (χ1v) is 9.43. The molecule has 0 aliphatic carbocycles. The number of anilines is 2. The first-order chi connectivity index (χ1) is 11.0. The molecule has 0 bridgehead atoms. The third-order valence-corrected chi connectivity index (χ3v) is 5.17. The number of nitrogens with one attached hydrogen (secondary N) is 2. The van der Waals surface area contributed by atoms with E-state index in [2.05, 4.69) is 17.0 Å². The zero-order valence-corrected chi connectivity index (χ0v) is 14.5. The van der Waals surface area contributed by atoms with Gasteiger partial charge >= 0.3 is 0 Å². The van der Waals surface area contributed by atoms with Crippen LogP contribution in [0.4, 0.5) is 11.4 Å². The predicted octanol–water partition coefficient (Wildman–Crippen LogP) is 4.40. The summed E-state index contributed by atoms with van der Waals surface area (Å²) in [5.41, 5.74) is 2.29. The summed E-state index contributed by atoms with van der Waals surface area (Å²) >= 11 is 0. The van der Waals surface area contributed by atoms with Gasteiger partial charge in [-0.15, -0.1) is 0 Å². The highest BCUT2D eigenvalue weighted by atomic mass is 32.2. The molecule has 2 aromatic carbocycles. The van der Waals surface area contributed by atoms with Crippen molar-refractivity contribution < 1.29 is 8.42 Å². The summed E-state index contributed by atoms with van der Waals surface area (Å²) in [5, 5.41) is 3.33. The van der Waals surface area contributed by atoms with Crippen LogP contribution in [-0.2, 0) is 10.0 Å². The molecule has 0 aromatic heterocycles. The Morgan fingerprint density at radius 1 is 0.913 bits per heavy atom. The number of unbranched alkanes of at least 4 members (excludes halogenated alkanes) is 2. The third kappa shape index (κ3) is 4.99. The summed E-state index contributed by atoms with van der Waals surface area (Å²) in [6, 6.07) is 14.3. The van der Waals surface area contributed by atoms with Gasteiger partial charge in [-0.05, 0) is 49.2 Å². The highest BCUT2D eigenvalue weighted by Gasteiger charge is 2.16. The lowest BCUT2D eigenvalue weighted by molar-refractivity contribution is 0.600. The molecule has 0 atom stereocenters. The Labute approximate surface area is 139 Å². The summed E-state index contributed by atoms with van der Waals surface area (Å²) in [5.74, 6) is 0. The van der Waals surface area contributed by atoms with Crippen LogP contribution >= 0.6 is 0 Å². The van der Waals surface area contributed by atoms with Crippen LogP contribution in [0.2, 0.25) is 0 Å². The molecule has 124 valence electrons. The molecule has 0 saturated carbocycles. The van der Waals surface area contributed by atoms with E-state index in [1.165, 1.54) is 12.8 Å². The molecule has 0 amide bonds. The van der Waals surface area contributed by atoms with Gasteiger partial charge < -0.3 is 5.32 Å². The van der Waals surface area contributed by atoms with Gasteiger partial charge in [0.15, 0.2) is 0 Å². The highest BCUT2D eigenvalue weighted by molar-refractivity contribution is 7.92. The average molecular weight is 332 g/mol. The summed E-state index contributed by atoms with van der Waals surface area (Å²) in [7, 11) is -3.55. The molecule has 0 saturated heterocycles. The molecule has 0 radical (unpaired) electrons. The first kappa shape index (κ1) is 17.3. The third-order valence-electron chi connectivity index (χ3n) is 3.63. The number of aryl methyl sites for hydroxylation is 1. The normalized spacial score (nSPS) is 11.2. The SMILES string of the molecule is CCCCCNc1ccc(NS(=O)(=O)c2ccccc2C)cc1. The van der Waals surface area contributed by atoms with E-state index < -0.39 is 10.0 Å². The van der Waals surface area contributed by atoms with Gasteiger partial charge in [0.1, 0.15) is 0 Å². The fourth-order valence-electron chi connectivity index (χ4n) is 2.33. The van der Waals surface area contributed by atoms with Crippen LogP contribution in [0.5, 0.6) is 0 Å². The van der Waals surface area contributed by atoms with E-state index in [1.54, 1.807) is 37.3 Å². The molecule has 0 unspecified atom stereocenters. The smallest absolute Gasteiger partial charge is 0.262 e. The molecular formula is C18H24N2O2S. The minimum Gasteiger partial charge on any atom is -0.385 e. The van der Waals surface area contributed by atoms with Crippen LogP contribution < -0.4 is 10.0 Å². The monoisotopic (exact) mass is 332 g/mol. The maximum absolute atomic E-state index is 12.4. The Hall–Kier alpha value is -2.01. The maximum Gasteiger partial charge on any atom is 0.262 e. The van der Waals surface area contributed by atoms with Crippen LogP contribution in [-0.4, -0.2) is 15.0 Å². The topological polar surface area (TPSA) is 58.2 Å². The quantitative estimate of drug-likeness (QED) is 0.705. The summed E-state index contributed by atoms with van der Waals surface area (Å²) in [4.78, 5) is 0.307. The largest absolute Gasteiger partial charge is 0.385 e. The Kier molecular flexibility index (Phi) is 6.04. The van der Waals surface area contributed by atoms with Crippen molar-refractivity contribution in [1.29, 1.82) is 0 Å². The molecule has 23 heavy (non-hydrogen) atoms. The van der Waals surface area contributed by atoms with Crippen LogP contribution in [0.1, 0.15) is 31.7 Å². The average Bonchev–Trinajstić information content (AvgIpc) is 2.53. The molecule has 0 aliphatic heterocycles. The molecule has 2 aromatic rings. The summed E-state index contributed by atoms with van der Waals surface area (Å²) in [6.45, 7) is 4.90. The van der Waals surface area contributed by atoms with Gasteiger partial charge in [-0.25, -0.2) is 8.42 Å². The van der Waals surface area contributed by atoms with Gasteiger partial charge in [0, 0.05) is 17.9 Å². The molecule has 0 aliphatic rings. The van der Waals surface area contributed by atoms with Crippen molar-refractivity contribution in [2.75, 3.05) is 16.6 Å². The first-order valence-electron chi connectivity index (χ1n) is 7.95. The van der Waals surface area contributed by atoms with Gasteiger partial charge in [-0.1, -0.05) is 38.0 Å². The maximum atomic E-state index is 12.4. The molecule has 0 fully saturated rings. The second-order valence-electron chi connectivity index (χ2n) is 5.58. The minimum atomic E-state index is -3.55. The Bertz CT molecular complexity index is 725. The second-order valence-corrected chi connectivity index (χ2v) is 7.23. The van der Waals surface area contributed by atoms with E-state index in [4.69, 9.17) is 0 Å². The number of hydrogen-bond acceptors (Lipinski definition) is 3. The lowest BCUT2D eigenvalue weighted by Gasteiger charge is -2.11. The fraction of sp³-hybridized carbons (Fsp3) is 0.333. The van der Waals surface area contributed by atoms with Crippen molar-refractivity contribution >= 4 is 21.4 Å². The van der Waals surface area contributed by atoms with Crippen molar-refractivity contribution in [3.63, 3.8) is 0 Å². The lowest BCUT2D eigenvalue weighted by Crippen LogP contribution is -2.14. The Morgan fingerprint density at radius 2 is 1.57 bits per heavy atom. The number of benzene rings is 2. The van der Waals surface area contributed by atoms with E-state index >= 15 is 0 Å². The van der Waals surface area contributed by atoms with E-state index in [-0.39, 0.29) is 0 Å². The van der Waals surface area contributed by atoms with Gasteiger partial charge in [0.05, 0.1) is 4.90 Å². The van der Waals surface area contributed by atoms with Crippen molar-refractivity contribution in [2.45, 2.75) is 38.0 Å². The fourth-order valence-corrected chi connectivity index (χ4v) is 3.64. The molecule has 2 N–H and O–H groups in total. The van der Waals surface area contributed by atoms with Crippen LogP contribution in [0, 0.1) is 6.92 Å². The van der Waals surface area contributed by atoms with Crippen LogP contribution in [0.3, 0.4) is 0 Å². The lowest BCUT2D eigenvalue weighted by atomic mass is 10.2. The van der Waals surface area contributed by atoms with Crippen molar-refractivity contribution in [3.05, 3.63) is 54.1 Å². The minimum absolute atomic E-state index is 0.307. The van der Waals surface area contributed by atoms with E-state index in [1.807, 2.05) is 18.2 Å². The summed E-state index contributed by atoms with van der Waals surface area (Å²) < 4.78 is 27.5. The van der Waals surface area contributed by atoms with Gasteiger partial charge in [0.2, 0.25) is 0 Å². The highest BCUT2D eigenvalue weighted by Crippen LogP contribution is 2.20. The van der Waals surface area contributed by atoms with Gasteiger partial charge in [-0.3, -0.25) is 4.72 Å². The predicted molar refractivity (Wildman–Crippen MR) is 96.4 cm³/mol. The summed E-state index contributed by atoms with van der Waals surface area (Å²) in [6.07, 6.45) is 3.54. The zero-order chi connectivity index (χ0) is 16.7. The molecule has 0 heterocycles. The molecule has 0 spiro atoms. The second kappa shape index (κ2) is 8.02. The van der Waals surface area contributed by atoms with E-state index in [0.717, 1.165) is 24.2 Å². The molecular weight excluding hydrogens is 308 g/mol. The standard InChI is InChI=1S/C18H24N2O2S/c1-3-4-7-14-19-16-10-12-17(13-11-16)20-23(21,22)18-9-6-5-8-15(18)2/h5-6,8-13,19-20H,3-4,7,14H2,1-2H3. The number of hydrogen-bond donors (Lipinski definition) is 2. The number of rotatable bonds is 8. The Balaban J connectivity index is 2.02. The van der Waals surface area contributed by atoms with Crippen LogP contribution in [0.15, 0.2) is 53.4 Å². The van der Waals surface area contributed by atoms with Crippen molar-refractivity contribution in [2.24, 2.45) is 0 Å². The van der Waals surface area contributed by atoms with Gasteiger partial charge in [0.25, 0.3) is 10.0 Å². The van der Waals surface area contributed by atoms with Crippen molar-refractivity contribution in [3.8, 4) is 0 Å². The molecule has 2 rings (SSSR count). The number of sulfonamides is 1. The zero-order valence-electron chi connectivity index (χ0n) is 13.7. The Morgan fingerprint density at radius 3 is 2.22 bits per heavy atom. The van der Waals surface area contributed by atoms with Gasteiger partial charge in [-0.2, -0.15) is 0 Å². The van der Waals surface area contributed by atoms with E-state index in [9.17, 15) is 8.42 Å². The van der Waals surface area contributed by atoms with Crippen molar-refractivity contribution in [1.82, 2.24) is 0 Å². The van der Waals surface area contributed by atoms with Crippen LogP contribution in [0.25, 0.3) is 0 Å². The molecule has 4 nitrogen and oxygen atoms in total. The van der Waals surface area contributed by atoms with E-state index in [0.29, 0.717) is 10.6 Å².